The van der Waals surface area contributed by atoms with E-state index in [1.165, 1.54) is 0 Å². The van der Waals surface area contributed by atoms with Crippen molar-refractivity contribution in [2.24, 2.45) is 0 Å². The Kier molecular flexibility index (Phi) is 6.47. The van der Waals surface area contributed by atoms with Crippen molar-refractivity contribution in [1.29, 1.82) is 0 Å². The number of piperazine rings is 1. The van der Waals surface area contributed by atoms with Gasteiger partial charge in [-0.2, -0.15) is 0 Å². The van der Waals surface area contributed by atoms with Gasteiger partial charge in [0.15, 0.2) is 0 Å². The first-order valence-electron chi connectivity index (χ1n) is 7.83. The summed E-state index contributed by atoms with van der Waals surface area (Å²) in [6.45, 7) is 7.57. The molecule has 5 nitrogen and oxygen atoms in total. The predicted octanol–water partition coefficient (Wildman–Crippen LogP) is 1.94. The molecule has 0 unspecified atom stereocenters. The Balaban J connectivity index is 1.60. The second-order valence-electron chi connectivity index (χ2n) is 5.28. The standard InChI is InChI=1S/C16H25N3O2/c1-2-21-16(20)8-4-6-10-18-11-13-19(14-12-18)15-7-3-5-9-17-15/h3,5,7,9H,2,4,6,8,10-14H2,1H3. The zero-order valence-corrected chi connectivity index (χ0v) is 12.8. The molecular formula is C16H25N3O2. The molecule has 0 spiro atoms. The maximum atomic E-state index is 11.2. The minimum atomic E-state index is -0.0718. The first-order valence-corrected chi connectivity index (χ1v) is 7.83. The second kappa shape index (κ2) is 8.62. The minimum Gasteiger partial charge on any atom is -0.466 e. The van der Waals surface area contributed by atoms with Gasteiger partial charge in [-0.3, -0.25) is 9.69 Å². The van der Waals surface area contributed by atoms with E-state index in [9.17, 15) is 4.79 Å². The van der Waals surface area contributed by atoms with Crippen molar-refractivity contribution in [2.75, 3.05) is 44.2 Å². The molecule has 21 heavy (non-hydrogen) atoms. The first-order chi connectivity index (χ1) is 10.3. The number of unbranched alkanes of at least 4 members (excludes halogenated alkanes) is 1. The van der Waals surface area contributed by atoms with Gasteiger partial charge >= 0.3 is 5.97 Å². The van der Waals surface area contributed by atoms with Crippen LogP contribution in [0.3, 0.4) is 0 Å². The van der Waals surface area contributed by atoms with E-state index in [4.69, 9.17) is 4.74 Å². The lowest BCUT2D eigenvalue weighted by atomic mass is 10.2. The molecule has 0 amide bonds. The van der Waals surface area contributed by atoms with Gasteiger partial charge in [-0.05, 0) is 38.4 Å². The third-order valence-electron chi connectivity index (χ3n) is 3.76. The van der Waals surface area contributed by atoms with Crippen LogP contribution in [0.15, 0.2) is 24.4 Å². The van der Waals surface area contributed by atoms with Gasteiger partial charge in [-0.1, -0.05) is 6.07 Å². The van der Waals surface area contributed by atoms with E-state index in [2.05, 4.69) is 20.9 Å². The molecule has 0 atom stereocenters. The Bertz CT molecular complexity index is 417. The summed E-state index contributed by atoms with van der Waals surface area (Å²) in [5.74, 6) is 0.997. The minimum absolute atomic E-state index is 0.0718. The molecule has 0 saturated carbocycles. The highest BCUT2D eigenvalue weighted by Crippen LogP contribution is 2.13. The molecule has 1 fully saturated rings. The summed E-state index contributed by atoms with van der Waals surface area (Å²) in [5, 5.41) is 0. The van der Waals surface area contributed by atoms with Gasteiger partial charge in [0, 0.05) is 38.8 Å². The second-order valence-corrected chi connectivity index (χ2v) is 5.28. The number of hydrogen-bond donors (Lipinski definition) is 0. The molecule has 1 saturated heterocycles. The van der Waals surface area contributed by atoms with Crippen LogP contribution in [0.5, 0.6) is 0 Å². The van der Waals surface area contributed by atoms with E-state index < -0.39 is 0 Å². The number of esters is 1. The lowest BCUT2D eigenvalue weighted by molar-refractivity contribution is -0.143. The van der Waals surface area contributed by atoms with Crippen LogP contribution in [0.1, 0.15) is 26.2 Å². The zero-order valence-electron chi connectivity index (χ0n) is 12.8. The summed E-state index contributed by atoms with van der Waals surface area (Å²) in [4.78, 5) is 20.4. The van der Waals surface area contributed by atoms with Gasteiger partial charge in [-0.15, -0.1) is 0 Å². The number of carbonyl (C=O) groups is 1. The highest BCUT2D eigenvalue weighted by atomic mass is 16.5. The summed E-state index contributed by atoms with van der Waals surface area (Å²) in [7, 11) is 0. The van der Waals surface area contributed by atoms with Crippen molar-refractivity contribution >= 4 is 11.8 Å². The molecule has 5 heteroatoms. The highest BCUT2D eigenvalue weighted by molar-refractivity contribution is 5.69. The summed E-state index contributed by atoms with van der Waals surface area (Å²) < 4.78 is 4.93. The maximum absolute atomic E-state index is 11.2. The van der Waals surface area contributed by atoms with E-state index in [0.717, 1.165) is 51.4 Å². The van der Waals surface area contributed by atoms with Crippen LogP contribution in [-0.2, 0) is 9.53 Å². The maximum Gasteiger partial charge on any atom is 0.305 e. The largest absolute Gasteiger partial charge is 0.466 e. The molecule has 0 radical (unpaired) electrons. The van der Waals surface area contributed by atoms with Crippen LogP contribution in [0.25, 0.3) is 0 Å². The Morgan fingerprint density at radius 2 is 2.05 bits per heavy atom. The lowest BCUT2D eigenvalue weighted by Crippen LogP contribution is -2.46. The zero-order chi connectivity index (χ0) is 14.9. The van der Waals surface area contributed by atoms with Crippen LogP contribution >= 0.6 is 0 Å². The average molecular weight is 291 g/mol. The van der Waals surface area contributed by atoms with Crippen molar-refractivity contribution < 1.29 is 9.53 Å². The molecule has 0 N–H and O–H groups in total. The molecule has 1 aromatic heterocycles. The first kappa shape index (κ1) is 15.8. The molecule has 0 aliphatic carbocycles. The van der Waals surface area contributed by atoms with E-state index in [-0.39, 0.29) is 5.97 Å². The number of hydrogen-bond acceptors (Lipinski definition) is 5. The number of anilines is 1. The van der Waals surface area contributed by atoms with Crippen LogP contribution in [-0.4, -0.2) is 55.2 Å². The molecule has 1 aromatic rings. The van der Waals surface area contributed by atoms with Crippen molar-refractivity contribution in [3.05, 3.63) is 24.4 Å². The Labute approximate surface area is 126 Å². The topological polar surface area (TPSA) is 45.7 Å². The Hall–Kier alpha value is -1.62. The fourth-order valence-corrected chi connectivity index (χ4v) is 2.58. The van der Waals surface area contributed by atoms with Gasteiger partial charge in [0.2, 0.25) is 0 Å². The Morgan fingerprint density at radius 1 is 1.24 bits per heavy atom. The molecule has 1 aliphatic rings. The van der Waals surface area contributed by atoms with Gasteiger partial charge < -0.3 is 9.64 Å². The van der Waals surface area contributed by atoms with E-state index in [0.29, 0.717) is 13.0 Å². The summed E-state index contributed by atoms with van der Waals surface area (Å²) >= 11 is 0. The fraction of sp³-hybridized carbons (Fsp3) is 0.625. The number of aromatic nitrogens is 1. The van der Waals surface area contributed by atoms with Crippen molar-refractivity contribution in [2.45, 2.75) is 26.2 Å². The van der Waals surface area contributed by atoms with Crippen LogP contribution < -0.4 is 4.90 Å². The molecule has 0 bridgehead atoms. The fourth-order valence-electron chi connectivity index (χ4n) is 2.58. The molecular weight excluding hydrogens is 266 g/mol. The normalized spacial score (nSPS) is 16.0. The van der Waals surface area contributed by atoms with Crippen LogP contribution in [0.4, 0.5) is 5.82 Å². The number of pyridine rings is 1. The van der Waals surface area contributed by atoms with Crippen molar-refractivity contribution in [3.63, 3.8) is 0 Å². The van der Waals surface area contributed by atoms with Gasteiger partial charge in [-0.25, -0.2) is 4.98 Å². The highest BCUT2D eigenvalue weighted by Gasteiger charge is 2.17. The molecule has 0 aromatic carbocycles. The van der Waals surface area contributed by atoms with Gasteiger partial charge in [0.05, 0.1) is 6.61 Å². The average Bonchev–Trinajstić information content (AvgIpc) is 2.53. The van der Waals surface area contributed by atoms with E-state index in [1.54, 1.807) is 0 Å². The number of nitrogens with zero attached hydrogens (tertiary/aromatic N) is 3. The Morgan fingerprint density at radius 3 is 2.71 bits per heavy atom. The van der Waals surface area contributed by atoms with Gasteiger partial charge in [0.1, 0.15) is 5.82 Å². The quantitative estimate of drug-likeness (QED) is 0.567. The van der Waals surface area contributed by atoms with Crippen molar-refractivity contribution in [3.8, 4) is 0 Å². The van der Waals surface area contributed by atoms with E-state index in [1.807, 2.05) is 25.3 Å². The molecule has 2 heterocycles. The number of rotatable bonds is 7. The van der Waals surface area contributed by atoms with Crippen molar-refractivity contribution in [1.82, 2.24) is 9.88 Å². The van der Waals surface area contributed by atoms with E-state index >= 15 is 0 Å². The monoisotopic (exact) mass is 291 g/mol. The third-order valence-corrected chi connectivity index (χ3v) is 3.76. The predicted molar refractivity (Wildman–Crippen MR) is 83.4 cm³/mol. The number of ether oxygens (including phenoxy) is 1. The SMILES string of the molecule is CCOC(=O)CCCCN1CCN(c2ccccn2)CC1. The third kappa shape index (κ3) is 5.34. The molecule has 2 rings (SSSR count). The summed E-state index contributed by atoms with van der Waals surface area (Å²) in [6.07, 6.45) is 4.36. The molecule has 116 valence electrons. The van der Waals surface area contributed by atoms with Crippen LogP contribution in [0.2, 0.25) is 0 Å². The number of carbonyl (C=O) groups excluding carboxylic acids is 1. The molecule has 1 aliphatic heterocycles. The lowest BCUT2D eigenvalue weighted by Gasteiger charge is -2.35. The smallest absolute Gasteiger partial charge is 0.305 e. The summed E-state index contributed by atoms with van der Waals surface area (Å²) in [5.41, 5.74) is 0. The van der Waals surface area contributed by atoms with Gasteiger partial charge in [0.25, 0.3) is 0 Å². The van der Waals surface area contributed by atoms with Crippen LogP contribution in [0, 0.1) is 0 Å². The summed E-state index contributed by atoms with van der Waals surface area (Å²) in [6, 6.07) is 6.04.